The summed E-state index contributed by atoms with van der Waals surface area (Å²) in [6.45, 7) is 7.54. The third-order valence-electron chi connectivity index (χ3n) is 5.74. The molecule has 2 aliphatic rings. The van der Waals surface area contributed by atoms with Gasteiger partial charge in [0.2, 0.25) is 0 Å². The second-order valence-electron chi connectivity index (χ2n) is 7.81. The van der Waals surface area contributed by atoms with Crippen LogP contribution >= 0.6 is 24.0 Å². The Labute approximate surface area is 169 Å². The minimum absolute atomic E-state index is 0. The molecule has 1 atom stereocenters. The van der Waals surface area contributed by atoms with Crippen LogP contribution in [0.3, 0.4) is 0 Å². The lowest BCUT2D eigenvalue weighted by molar-refractivity contribution is 0.399. The molecule has 25 heavy (non-hydrogen) atoms. The Kier molecular flexibility index (Phi) is 7.17. The monoisotopic (exact) mass is 459 g/mol. The van der Waals surface area contributed by atoms with Gasteiger partial charge >= 0.3 is 0 Å². The molecule has 2 N–H and O–H groups in total. The quantitative estimate of drug-likeness (QED) is 0.374. The predicted octanol–water partition coefficient (Wildman–Crippen LogP) is 3.19. The van der Waals surface area contributed by atoms with Gasteiger partial charge in [0.05, 0.1) is 5.69 Å². The first-order valence-corrected chi connectivity index (χ1v) is 9.45. The zero-order valence-electron chi connectivity index (χ0n) is 16.3. The molecule has 1 unspecified atom stereocenters. The maximum absolute atomic E-state index is 4.52. The van der Waals surface area contributed by atoms with E-state index in [1.54, 1.807) is 0 Å². The summed E-state index contributed by atoms with van der Waals surface area (Å²) in [5.74, 6) is 3.75. The molecule has 2 aliphatic carbocycles. The fourth-order valence-electron chi connectivity index (χ4n) is 3.88. The number of rotatable bonds is 7. The number of halogens is 1. The Morgan fingerprint density at radius 1 is 1.24 bits per heavy atom. The highest BCUT2D eigenvalue weighted by molar-refractivity contribution is 14.0. The Bertz CT molecular complexity index is 589. The lowest BCUT2D eigenvalue weighted by Gasteiger charge is -2.21. The number of guanidine groups is 1. The Morgan fingerprint density at radius 3 is 2.28 bits per heavy atom. The summed E-state index contributed by atoms with van der Waals surface area (Å²) in [5, 5.41) is 11.7. The Hall–Kier alpha value is -0.790. The van der Waals surface area contributed by atoms with Crippen molar-refractivity contribution in [1.82, 2.24) is 20.4 Å². The molecule has 0 saturated heterocycles. The number of hydrogen-bond acceptors (Lipinski definition) is 2. The van der Waals surface area contributed by atoms with Crippen LogP contribution < -0.4 is 10.6 Å². The molecule has 2 saturated carbocycles. The van der Waals surface area contributed by atoms with Gasteiger partial charge in [-0.05, 0) is 76.2 Å². The molecule has 1 aromatic rings. The first kappa shape index (κ1) is 20.5. The van der Waals surface area contributed by atoms with Crippen LogP contribution in [-0.4, -0.2) is 35.4 Å². The van der Waals surface area contributed by atoms with E-state index in [1.807, 2.05) is 18.8 Å². The van der Waals surface area contributed by atoms with Crippen LogP contribution in [0.1, 0.15) is 49.6 Å². The van der Waals surface area contributed by atoms with Gasteiger partial charge in [-0.2, -0.15) is 5.10 Å². The largest absolute Gasteiger partial charge is 0.356 e. The summed E-state index contributed by atoms with van der Waals surface area (Å²) in [5.41, 5.74) is 3.74. The zero-order valence-corrected chi connectivity index (χ0v) is 18.6. The van der Waals surface area contributed by atoms with E-state index in [2.05, 4.69) is 41.5 Å². The van der Waals surface area contributed by atoms with Crippen LogP contribution in [0.5, 0.6) is 0 Å². The summed E-state index contributed by atoms with van der Waals surface area (Å²) in [6, 6.07) is 0.332. The molecule has 0 aromatic carbocycles. The van der Waals surface area contributed by atoms with E-state index in [1.165, 1.54) is 36.9 Å². The van der Waals surface area contributed by atoms with Crippen molar-refractivity contribution in [2.75, 3.05) is 13.6 Å². The Morgan fingerprint density at radius 2 is 1.84 bits per heavy atom. The molecule has 3 rings (SSSR count). The van der Waals surface area contributed by atoms with Gasteiger partial charge < -0.3 is 10.6 Å². The molecule has 1 heterocycles. The average Bonchev–Trinajstić information content (AvgIpc) is 3.44. The van der Waals surface area contributed by atoms with Gasteiger partial charge in [0.25, 0.3) is 0 Å². The molecule has 142 valence electrons. The first-order valence-electron chi connectivity index (χ1n) is 9.45. The Balaban J connectivity index is 0.00000225. The number of aliphatic imine (C=N–C) groups is 1. The van der Waals surface area contributed by atoms with Gasteiger partial charge in [0.15, 0.2) is 5.96 Å². The number of nitrogens with zero attached hydrogens (tertiary/aromatic N) is 3. The second-order valence-corrected chi connectivity index (χ2v) is 7.81. The molecule has 5 nitrogen and oxygen atoms in total. The lowest BCUT2D eigenvalue weighted by Crippen LogP contribution is -2.45. The maximum atomic E-state index is 4.52. The molecule has 0 spiro atoms. The van der Waals surface area contributed by atoms with E-state index in [0.717, 1.165) is 42.4 Å². The van der Waals surface area contributed by atoms with Crippen molar-refractivity contribution in [3.8, 4) is 0 Å². The van der Waals surface area contributed by atoms with Gasteiger partial charge in [-0.3, -0.25) is 9.67 Å². The highest BCUT2D eigenvalue weighted by Gasteiger charge is 2.41. The fraction of sp³-hybridized carbons (Fsp3) is 0.789. The molecular formula is C19H34IN5. The fourth-order valence-corrected chi connectivity index (χ4v) is 3.88. The molecular weight excluding hydrogens is 425 g/mol. The van der Waals surface area contributed by atoms with Crippen molar-refractivity contribution in [2.45, 2.75) is 58.9 Å². The van der Waals surface area contributed by atoms with Crippen LogP contribution in [0.25, 0.3) is 0 Å². The normalized spacial score (nSPS) is 18.9. The minimum Gasteiger partial charge on any atom is -0.356 e. The highest BCUT2D eigenvalue weighted by Crippen LogP contribution is 2.48. The molecule has 2 fully saturated rings. The van der Waals surface area contributed by atoms with Gasteiger partial charge in [-0.15, -0.1) is 24.0 Å². The third kappa shape index (κ3) is 5.34. The van der Waals surface area contributed by atoms with Crippen LogP contribution in [0.4, 0.5) is 0 Å². The van der Waals surface area contributed by atoms with Crippen molar-refractivity contribution < 1.29 is 0 Å². The van der Waals surface area contributed by atoms with Crippen molar-refractivity contribution in [2.24, 2.45) is 29.8 Å². The molecule has 0 bridgehead atoms. The van der Waals surface area contributed by atoms with Gasteiger partial charge in [0, 0.05) is 32.4 Å². The van der Waals surface area contributed by atoms with Crippen molar-refractivity contribution in [1.29, 1.82) is 0 Å². The maximum Gasteiger partial charge on any atom is 0.191 e. The van der Waals surface area contributed by atoms with Crippen LogP contribution in [-0.2, 0) is 13.5 Å². The van der Waals surface area contributed by atoms with Crippen molar-refractivity contribution in [3.05, 3.63) is 17.0 Å². The molecule has 1 aromatic heterocycles. The summed E-state index contributed by atoms with van der Waals surface area (Å²) in [6.07, 6.45) is 6.71. The molecule has 0 aliphatic heterocycles. The van der Waals surface area contributed by atoms with E-state index in [0.29, 0.717) is 6.04 Å². The smallest absolute Gasteiger partial charge is 0.191 e. The average molecular weight is 459 g/mol. The highest BCUT2D eigenvalue weighted by atomic mass is 127. The lowest BCUT2D eigenvalue weighted by atomic mass is 9.98. The second kappa shape index (κ2) is 8.73. The number of aryl methyl sites for hydroxylation is 2. The predicted molar refractivity (Wildman–Crippen MR) is 115 cm³/mol. The molecule has 0 radical (unpaired) electrons. The summed E-state index contributed by atoms with van der Waals surface area (Å²) in [7, 11) is 3.88. The first-order chi connectivity index (χ1) is 11.5. The third-order valence-corrected chi connectivity index (χ3v) is 5.74. The van der Waals surface area contributed by atoms with Crippen LogP contribution in [0, 0.1) is 31.6 Å². The summed E-state index contributed by atoms with van der Waals surface area (Å²) in [4.78, 5) is 4.42. The number of hydrogen-bond donors (Lipinski definition) is 2. The van der Waals surface area contributed by atoms with Gasteiger partial charge in [0.1, 0.15) is 0 Å². The van der Waals surface area contributed by atoms with Gasteiger partial charge in [-0.1, -0.05) is 0 Å². The van der Waals surface area contributed by atoms with Crippen LogP contribution in [0.15, 0.2) is 4.99 Å². The standard InChI is InChI=1S/C19H33N5.HI/c1-12(10-17-13(2)23-24(5)14(17)3)22-19(20-4)21-11-18(15-6-7-15)16-8-9-16;/h12,15-16,18H,6-11H2,1-5H3,(H2,20,21,22);1H. The van der Waals surface area contributed by atoms with Crippen molar-refractivity contribution >= 4 is 29.9 Å². The van der Waals surface area contributed by atoms with E-state index >= 15 is 0 Å². The van der Waals surface area contributed by atoms with Gasteiger partial charge in [-0.25, -0.2) is 0 Å². The SMILES string of the molecule is CN=C(NCC(C1CC1)C1CC1)NC(C)Cc1c(C)nn(C)c1C.I. The topological polar surface area (TPSA) is 54.2 Å². The van der Waals surface area contributed by atoms with E-state index < -0.39 is 0 Å². The van der Waals surface area contributed by atoms with E-state index in [9.17, 15) is 0 Å². The van der Waals surface area contributed by atoms with Crippen molar-refractivity contribution in [3.63, 3.8) is 0 Å². The summed E-state index contributed by atoms with van der Waals surface area (Å²) >= 11 is 0. The van der Waals surface area contributed by atoms with E-state index in [-0.39, 0.29) is 24.0 Å². The minimum atomic E-state index is 0. The molecule has 6 heteroatoms. The molecule has 0 amide bonds. The van der Waals surface area contributed by atoms with E-state index in [4.69, 9.17) is 0 Å². The number of aromatic nitrogens is 2. The number of nitrogens with one attached hydrogen (secondary N) is 2. The zero-order chi connectivity index (χ0) is 17.3. The van der Waals surface area contributed by atoms with Crippen LogP contribution in [0.2, 0.25) is 0 Å². The summed E-state index contributed by atoms with van der Waals surface area (Å²) < 4.78 is 1.97.